The van der Waals surface area contributed by atoms with E-state index in [0.29, 0.717) is 5.82 Å². The number of allylic oxidation sites excluding steroid dienone is 2. The molecule has 1 aliphatic heterocycles. The maximum Gasteiger partial charge on any atom is 0.269 e. The Morgan fingerprint density at radius 3 is 2.55 bits per heavy atom. The number of aliphatic imine (C=N–C) groups is 1. The maximum atomic E-state index is 12.1. The maximum absolute atomic E-state index is 12.1. The van der Waals surface area contributed by atoms with Crippen LogP contribution in [0.25, 0.3) is 0 Å². The van der Waals surface area contributed by atoms with Gasteiger partial charge in [-0.3, -0.25) is 4.79 Å². The van der Waals surface area contributed by atoms with E-state index in [-0.39, 0.29) is 5.91 Å². The van der Waals surface area contributed by atoms with Crippen molar-refractivity contribution in [1.29, 1.82) is 0 Å². The summed E-state index contributed by atoms with van der Waals surface area (Å²) < 4.78 is 0. The standard InChI is InChI=1S/C13H22N6O/c1-13(12(20)17-15-10-19(4)5)8-6-7-11(16-13)14-9-18(2)3/h6-10,16H,1-5H3,(H,17,20)/b14-9?,15-10+. The van der Waals surface area contributed by atoms with E-state index in [0.717, 1.165) is 0 Å². The summed E-state index contributed by atoms with van der Waals surface area (Å²) in [5, 5.41) is 6.93. The second-order valence-electron chi connectivity index (χ2n) is 5.10. The summed E-state index contributed by atoms with van der Waals surface area (Å²) >= 11 is 0. The molecule has 0 aliphatic carbocycles. The Balaban J connectivity index is 2.69. The van der Waals surface area contributed by atoms with Crippen molar-refractivity contribution in [3.63, 3.8) is 0 Å². The van der Waals surface area contributed by atoms with Gasteiger partial charge in [0.05, 0.1) is 6.34 Å². The highest BCUT2D eigenvalue weighted by molar-refractivity contribution is 5.89. The van der Waals surface area contributed by atoms with Crippen LogP contribution in [-0.4, -0.2) is 62.1 Å². The van der Waals surface area contributed by atoms with E-state index in [1.54, 1.807) is 36.4 Å². The number of dihydropyridines is 1. The van der Waals surface area contributed by atoms with Crippen molar-refractivity contribution < 1.29 is 4.79 Å². The molecule has 0 saturated carbocycles. The van der Waals surface area contributed by atoms with E-state index in [1.165, 1.54) is 6.34 Å². The first-order valence-electron chi connectivity index (χ1n) is 6.22. The summed E-state index contributed by atoms with van der Waals surface area (Å²) in [5.74, 6) is 0.368. The van der Waals surface area contributed by atoms with E-state index in [4.69, 9.17) is 0 Å². The average molecular weight is 278 g/mol. The largest absolute Gasteiger partial charge is 0.369 e. The SMILES string of the molecule is CN(C)C=NC1=CC=CC(C)(C(=O)N/N=C/N(C)C)N1. The molecule has 0 saturated heterocycles. The normalized spacial score (nSPS) is 21.8. The van der Waals surface area contributed by atoms with Crippen LogP contribution in [0.5, 0.6) is 0 Å². The van der Waals surface area contributed by atoms with E-state index in [2.05, 4.69) is 20.8 Å². The molecule has 2 N–H and O–H groups in total. The van der Waals surface area contributed by atoms with Crippen LogP contribution in [0.4, 0.5) is 0 Å². The lowest BCUT2D eigenvalue weighted by Gasteiger charge is -2.28. The minimum absolute atomic E-state index is 0.252. The molecule has 0 aromatic rings. The molecule has 0 bridgehead atoms. The van der Waals surface area contributed by atoms with Gasteiger partial charge in [-0.25, -0.2) is 10.4 Å². The number of carbonyl (C=O) groups excluding carboxylic acids is 1. The molecule has 7 heteroatoms. The molecular formula is C13H22N6O. The summed E-state index contributed by atoms with van der Waals surface area (Å²) in [6.07, 6.45) is 8.56. The third kappa shape index (κ3) is 4.75. The van der Waals surface area contributed by atoms with Crippen molar-refractivity contribution in [3.05, 3.63) is 24.0 Å². The molecule has 1 aliphatic rings. The Morgan fingerprint density at radius 2 is 1.95 bits per heavy atom. The van der Waals surface area contributed by atoms with Crippen LogP contribution in [0.3, 0.4) is 0 Å². The highest BCUT2D eigenvalue weighted by atomic mass is 16.2. The molecule has 1 heterocycles. The van der Waals surface area contributed by atoms with Crippen molar-refractivity contribution in [2.24, 2.45) is 10.1 Å². The molecule has 1 atom stereocenters. The van der Waals surface area contributed by atoms with Gasteiger partial charge in [0.2, 0.25) is 0 Å². The van der Waals surface area contributed by atoms with Crippen LogP contribution in [0, 0.1) is 0 Å². The van der Waals surface area contributed by atoms with Crippen molar-refractivity contribution >= 4 is 18.6 Å². The third-order valence-corrected chi connectivity index (χ3v) is 2.43. The zero-order chi connectivity index (χ0) is 15.2. The van der Waals surface area contributed by atoms with Gasteiger partial charge in [0.25, 0.3) is 5.91 Å². The fraction of sp³-hybridized carbons (Fsp3) is 0.462. The summed E-state index contributed by atoms with van der Waals surface area (Å²) in [7, 11) is 7.41. The highest BCUT2D eigenvalue weighted by Crippen LogP contribution is 2.14. The predicted octanol–water partition coefficient (Wildman–Crippen LogP) is -0.0431. The number of hydrazone groups is 1. The Kier molecular flexibility index (Phi) is 5.31. The van der Waals surface area contributed by atoms with Gasteiger partial charge in [-0.05, 0) is 19.1 Å². The quantitative estimate of drug-likeness (QED) is 0.420. The molecule has 0 radical (unpaired) electrons. The van der Waals surface area contributed by atoms with Crippen molar-refractivity contribution in [2.45, 2.75) is 12.5 Å². The van der Waals surface area contributed by atoms with Crippen LogP contribution in [0.2, 0.25) is 0 Å². The molecule has 1 amide bonds. The minimum Gasteiger partial charge on any atom is -0.369 e. The third-order valence-electron chi connectivity index (χ3n) is 2.43. The number of nitrogens with zero attached hydrogens (tertiary/aromatic N) is 4. The summed E-state index contributed by atoms with van der Waals surface area (Å²) in [6, 6.07) is 0. The molecule has 0 aromatic carbocycles. The molecule has 20 heavy (non-hydrogen) atoms. The van der Waals surface area contributed by atoms with Gasteiger partial charge >= 0.3 is 0 Å². The number of rotatable bonds is 5. The van der Waals surface area contributed by atoms with Gasteiger partial charge in [0.15, 0.2) is 0 Å². The Labute approximate surface area is 119 Å². The molecule has 1 unspecified atom stereocenters. The van der Waals surface area contributed by atoms with E-state index in [1.807, 2.05) is 33.1 Å². The minimum atomic E-state index is -0.878. The fourth-order valence-corrected chi connectivity index (χ4v) is 1.39. The second kappa shape index (κ2) is 6.74. The van der Waals surface area contributed by atoms with Crippen molar-refractivity contribution in [2.75, 3.05) is 28.2 Å². The van der Waals surface area contributed by atoms with Crippen LogP contribution >= 0.6 is 0 Å². The summed E-state index contributed by atoms with van der Waals surface area (Å²) in [4.78, 5) is 19.9. The molecule has 0 fully saturated rings. The monoisotopic (exact) mass is 278 g/mol. The van der Waals surface area contributed by atoms with Gasteiger partial charge in [0.1, 0.15) is 17.7 Å². The van der Waals surface area contributed by atoms with Crippen molar-refractivity contribution in [3.8, 4) is 0 Å². The van der Waals surface area contributed by atoms with Gasteiger partial charge in [-0.15, -0.1) is 0 Å². The lowest BCUT2D eigenvalue weighted by molar-refractivity contribution is -0.125. The van der Waals surface area contributed by atoms with Gasteiger partial charge in [-0.1, -0.05) is 6.08 Å². The Bertz CT molecular complexity index is 463. The molecule has 0 spiro atoms. The molecule has 0 aromatic heterocycles. The number of hydrogen-bond donors (Lipinski definition) is 2. The lowest BCUT2D eigenvalue weighted by Crippen LogP contribution is -2.52. The molecule has 1 rings (SSSR count). The Hall–Kier alpha value is -2.31. The first kappa shape index (κ1) is 15.7. The average Bonchev–Trinajstić information content (AvgIpc) is 2.36. The lowest BCUT2D eigenvalue weighted by atomic mass is 9.99. The van der Waals surface area contributed by atoms with E-state index >= 15 is 0 Å². The van der Waals surface area contributed by atoms with Gasteiger partial charge < -0.3 is 15.1 Å². The van der Waals surface area contributed by atoms with Crippen LogP contribution < -0.4 is 10.7 Å². The first-order chi connectivity index (χ1) is 9.33. The van der Waals surface area contributed by atoms with Gasteiger partial charge in [-0.2, -0.15) is 5.10 Å². The van der Waals surface area contributed by atoms with Crippen molar-refractivity contribution in [1.82, 2.24) is 20.5 Å². The molecule has 110 valence electrons. The smallest absolute Gasteiger partial charge is 0.269 e. The van der Waals surface area contributed by atoms with Crippen LogP contribution in [-0.2, 0) is 4.79 Å². The van der Waals surface area contributed by atoms with Gasteiger partial charge in [0, 0.05) is 28.2 Å². The van der Waals surface area contributed by atoms with Crippen LogP contribution in [0.1, 0.15) is 6.92 Å². The Morgan fingerprint density at radius 1 is 1.30 bits per heavy atom. The number of amides is 1. The van der Waals surface area contributed by atoms with E-state index < -0.39 is 5.54 Å². The predicted molar refractivity (Wildman–Crippen MR) is 81.3 cm³/mol. The van der Waals surface area contributed by atoms with Crippen LogP contribution in [0.15, 0.2) is 34.1 Å². The number of nitrogens with one attached hydrogen (secondary N) is 2. The second-order valence-corrected chi connectivity index (χ2v) is 5.10. The zero-order valence-electron chi connectivity index (χ0n) is 12.6. The topological polar surface area (TPSA) is 72.3 Å². The summed E-state index contributed by atoms with van der Waals surface area (Å²) in [5.41, 5.74) is 1.62. The molecule has 7 nitrogen and oxygen atoms in total. The number of hydrogen-bond acceptors (Lipinski definition) is 4. The highest BCUT2D eigenvalue weighted by Gasteiger charge is 2.32. The van der Waals surface area contributed by atoms with E-state index in [9.17, 15) is 4.79 Å². The summed E-state index contributed by atoms with van der Waals surface area (Å²) in [6.45, 7) is 1.77. The fourth-order valence-electron chi connectivity index (χ4n) is 1.39. The first-order valence-corrected chi connectivity index (χ1v) is 6.22. The molecular weight excluding hydrogens is 256 g/mol. The number of carbonyl (C=O) groups is 1. The zero-order valence-corrected chi connectivity index (χ0v) is 12.6.